The summed E-state index contributed by atoms with van der Waals surface area (Å²) in [6.07, 6.45) is 3.65. The number of benzene rings is 2. The highest BCUT2D eigenvalue weighted by Crippen LogP contribution is 2.21. The van der Waals surface area contributed by atoms with Gasteiger partial charge in [0.2, 0.25) is 10.0 Å². The van der Waals surface area contributed by atoms with Crippen LogP contribution in [-0.4, -0.2) is 43.9 Å². The Morgan fingerprint density at radius 3 is 2.57 bits per heavy atom. The van der Waals surface area contributed by atoms with Gasteiger partial charge in [0.15, 0.2) is 6.19 Å². The van der Waals surface area contributed by atoms with Gasteiger partial charge in [-0.25, -0.2) is 13.3 Å². The lowest BCUT2D eigenvalue weighted by atomic mass is 10.0. The second kappa shape index (κ2) is 8.98. The minimum atomic E-state index is -4.01. The van der Waals surface area contributed by atoms with Gasteiger partial charge in [-0.2, -0.15) is 9.98 Å². The van der Waals surface area contributed by atoms with Crippen molar-refractivity contribution in [2.24, 2.45) is 0 Å². The fraction of sp³-hybridized carbons (Fsp3) is 0.238. The minimum Gasteiger partial charge on any atom is -0.497 e. The van der Waals surface area contributed by atoms with Crippen LogP contribution in [0.5, 0.6) is 5.75 Å². The molecule has 1 unspecified atom stereocenters. The summed E-state index contributed by atoms with van der Waals surface area (Å²) in [7, 11) is -2.52. The Bertz CT molecular complexity index is 1180. The minimum absolute atomic E-state index is 0.0000304. The number of fused-ring (bicyclic) bond motifs is 1. The van der Waals surface area contributed by atoms with E-state index in [4.69, 9.17) is 4.74 Å². The van der Waals surface area contributed by atoms with Crippen LogP contribution in [0.15, 0.2) is 59.6 Å². The van der Waals surface area contributed by atoms with Crippen molar-refractivity contribution in [1.82, 2.24) is 14.6 Å². The van der Waals surface area contributed by atoms with Gasteiger partial charge in [-0.15, -0.1) is 0 Å². The molecule has 1 heterocycles. The molecule has 0 fully saturated rings. The van der Waals surface area contributed by atoms with E-state index < -0.39 is 22.0 Å². The van der Waals surface area contributed by atoms with E-state index in [2.05, 4.69) is 9.71 Å². The lowest BCUT2D eigenvalue weighted by molar-refractivity contribution is -0.129. The first-order chi connectivity index (χ1) is 14.4. The van der Waals surface area contributed by atoms with Crippen molar-refractivity contribution in [3.8, 4) is 11.9 Å². The van der Waals surface area contributed by atoms with Gasteiger partial charge in [0, 0.05) is 23.6 Å². The molecule has 8 nitrogen and oxygen atoms in total. The highest BCUT2D eigenvalue weighted by atomic mass is 32.2. The van der Waals surface area contributed by atoms with Crippen LogP contribution >= 0.6 is 0 Å². The molecule has 3 aromatic rings. The molecule has 0 aliphatic carbocycles. The van der Waals surface area contributed by atoms with E-state index in [9.17, 15) is 18.5 Å². The van der Waals surface area contributed by atoms with Gasteiger partial charge in [-0.3, -0.25) is 4.79 Å². The van der Waals surface area contributed by atoms with Crippen molar-refractivity contribution in [2.45, 2.75) is 24.3 Å². The molecule has 3 rings (SSSR count). The first-order valence-electron chi connectivity index (χ1n) is 9.32. The summed E-state index contributed by atoms with van der Waals surface area (Å²) in [6.45, 7) is 1.80. The predicted octanol–water partition coefficient (Wildman–Crippen LogP) is 2.40. The van der Waals surface area contributed by atoms with Crippen LogP contribution in [0.2, 0.25) is 0 Å². The van der Waals surface area contributed by atoms with Crippen LogP contribution < -0.4 is 9.46 Å². The zero-order valence-electron chi connectivity index (χ0n) is 16.6. The molecule has 156 valence electrons. The zero-order valence-corrected chi connectivity index (χ0v) is 17.4. The average molecular weight is 426 g/mol. The number of nitrogens with zero attached hydrogens (tertiary/aromatic N) is 2. The number of hydrogen-bond donors (Lipinski definition) is 2. The van der Waals surface area contributed by atoms with Gasteiger partial charge in [0.25, 0.3) is 5.91 Å². The lowest BCUT2D eigenvalue weighted by Crippen LogP contribution is -2.48. The van der Waals surface area contributed by atoms with Crippen molar-refractivity contribution < 1.29 is 17.9 Å². The monoisotopic (exact) mass is 426 g/mol. The fourth-order valence-corrected chi connectivity index (χ4v) is 4.36. The Morgan fingerprint density at radius 2 is 1.93 bits per heavy atom. The Kier molecular flexibility index (Phi) is 6.40. The van der Waals surface area contributed by atoms with E-state index in [1.54, 1.807) is 13.1 Å². The number of aromatic nitrogens is 1. The second-order valence-corrected chi connectivity index (χ2v) is 8.31. The zero-order chi connectivity index (χ0) is 21.7. The maximum Gasteiger partial charge on any atom is 0.254 e. The normalized spacial score (nSPS) is 12.3. The summed E-state index contributed by atoms with van der Waals surface area (Å²) in [5.41, 5.74) is 1.65. The van der Waals surface area contributed by atoms with Crippen LogP contribution in [0, 0.1) is 11.5 Å². The summed E-state index contributed by atoms with van der Waals surface area (Å²) in [5.74, 6) is -0.0932. The van der Waals surface area contributed by atoms with Gasteiger partial charge < -0.3 is 9.72 Å². The largest absolute Gasteiger partial charge is 0.497 e. The van der Waals surface area contributed by atoms with Gasteiger partial charge in [-0.1, -0.05) is 18.2 Å². The van der Waals surface area contributed by atoms with E-state index in [0.717, 1.165) is 21.4 Å². The molecule has 1 aromatic heterocycles. The van der Waals surface area contributed by atoms with Gasteiger partial charge in [0.1, 0.15) is 11.8 Å². The summed E-state index contributed by atoms with van der Waals surface area (Å²) >= 11 is 0. The maximum atomic E-state index is 12.9. The molecule has 0 saturated carbocycles. The van der Waals surface area contributed by atoms with E-state index in [-0.39, 0.29) is 17.9 Å². The van der Waals surface area contributed by atoms with Crippen molar-refractivity contribution in [3.05, 3.63) is 60.3 Å². The molecule has 0 aliphatic rings. The van der Waals surface area contributed by atoms with Gasteiger partial charge in [0.05, 0.1) is 12.0 Å². The molecule has 9 heteroatoms. The number of hydrogen-bond acceptors (Lipinski definition) is 5. The number of aromatic amines is 1. The number of likely N-dealkylation sites (N-methyl/N-ethyl adjacent to an activating group) is 1. The van der Waals surface area contributed by atoms with E-state index in [0.29, 0.717) is 5.75 Å². The highest BCUT2D eigenvalue weighted by molar-refractivity contribution is 7.89. The molecule has 0 saturated heterocycles. The third-order valence-corrected chi connectivity index (χ3v) is 6.25. The van der Waals surface area contributed by atoms with Crippen LogP contribution in [-0.2, 0) is 21.2 Å². The summed E-state index contributed by atoms with van der Waals surface area (Å²) in [5, 5.41) is 10.2. The Morgan fingerprint density at radius 1 is 1.23 bits per heavy atom. The molecule has 0 aliphatic heterocycles. The van der Waals surface area contributed by atoms with Gasteiger partial charge in [-0.05, 0) is 49.2 Å². The molecular weight excluding hydrogens is 404 g/mol. The number of amides is 1. The molecule has 1 amide bonds. The number of nitrogens with one attached hydrogen (secondary N) is 2. The molecule has 0 spiro atoms. The van der Waals surface area contributed by atoms with Crippen LogP contribution in [0.1, 0.15) is 12.5 Å². The second-order valence-electron chi connectivity index (χ2n) is 6.60. The van der Waals surface area contributed by atoms with Crippen LogP contribution in [0.3, 0.4) is 0 Å². The summed E-state index contributed by atoms with van der Waals surface area (Å²) in [4.78, 5) is 17.0. The van der Waals surface area contributed by atoms with Crippen LogP contribution in [0.4, 0.5) is 0 Å². The number of para-hydroxylation sites is 1. The molecule has 2 N–H and O–H groups in total. The molecule has 0 bridgehead atoms. The lowest BCUT2D eigenvalue weighted by Gasteiger charge is -2.21. The summed E-state index contributed by atoms with van der Waals surface area (Å²) in [6, 6.07) is 12.2. The van der Waals surface area contributed by atoms with Gasteiger partial charge >= 0.3 is 0 Å². The Labute approximate surface area is 175 Å². The number of sulfonamides is 1. The Hall–Kier alpha value is -3.35. The molecule has 30 heavy (non-hydrogen) atoms. The number of ether oxygens (including phenoxy) is 1. The molecule has 2 aromatic carbocycles. The van der Waals surface area contributed by atoms with Crippen molar-refractivity contribution in [3.63, 3.8) is 0 Å². The molecular formula is C21H22N4O4S. The van der Waals surface area contributed by atoms with Crippen molar-refractivity contribution in [2.75, 3.05) is 13.7 Å². The van der Waals surface area contributed by atoms with Crippen molar-refractivity contribution >= 4 is 26.8 Å². The third kappa shape index (κ3) is 4.45. The van der Waals surface area contributed by atoms with E-state index >= 15 is 0 Å². The topological polar surface area (TPSA) is 115 Å². The Balaban J connectivity index is 1.94. The average Bonchev–Trinajstić information content (AvgIpc) is 3.17. The highest BCUT2D eigenvalue weighted by Gasteiger charge is 2.30. The quantitative estimate of drug-likeness (QED) is 0.424. The number of methoxy groups -OCH3 is 1. The maximum absolute atomic E-state index is 12.9. The fourth-order valence-electron chi connectivity index (χ4n) is 3.17. The van der Waals surface area contributed by atoms with E-state index in [1.165, 1.54) is 31.4 Å². The number of nitriles is 1. The number of H-pyrrole nitrogens is 1. The molecule has 1 atom stereocenters. The first-order valence-corrected chi connectivity index (χ1v) is 10.8. The smallest absolute Gasteiger partial charge is 0.254 e. The predicted molar refractivity (Wildman–Crippen MR) is 112 cm³/mol. The van der Waals surface area contributed by atoms with Crippen LogP contribution in [0.25, 0.3) is 10.9 Å². The number of carbonyl (C=O) groups is 1. The standard InChI is InChI=1S/C21H22N4O4S/c1-3-25(14-22)21(26)20(12-15-13-23-19-7-5-4-6-18(15)19)24-30(27,28)17-10-8-16(29-2)9-11-17/h4-11,13,20,23-24H,3,12H2,1-2H3. The van der Waals surface area contributed by atoms with E-state index in [1.807, 2.05) is 30.5 Å². The SMILES string of the molecule is CCN(C#N)C(=O)C(Cc1c[nH]c2ccccc12)NS(=O)(=O)c1ccc(OC)cc1. The number of carbonyl (C=O) groups excluding carboxylic acids is 1. The number of rotatable bonds is 8. The third-order valence-electron chi connectivity index (χ3n) is 4.77. The summed E-state index contributed by atoms with van der Waals surface area (Å²) < 4.78 is 33.4. The first kappa shape index (κ1) is 21.4. The molecule has 0 radical (unpaired) electrons. The van der Waals surface area contributed by atoms with Crippen molar-refractivity contribution in [1.29, 1.82) is 5.26 Å².